The second-order valence-corrected chi connectivity index (χ2v) is 9.59. The first-order valence-electron chi connectivity index (χ1n) is 12.3. The smallest absolute Gasteiger partial charge is 0.397 e. The zero-order valence-corrected chi connectivity index (χ0v) is 22.0. The molecule has 0 fully saturated rings. The SMILES string of the molecule is CO[C@@H]1CN(C)C(=O)c2cc(NC(=O)CC(F)(F)F)ccc2OC[C@H](C)N(C(=O)c2ccccc2F)C[C@H]1C. The van der Waals surface area contributed by atoms with E-state index in [2.05, 4.69) is 5.32 Å². The van der Waals surface area contributed by atoms with E-state index in [0.29, 0.717) is 0 Å². The largest absolute Gasteiger partial charge is 0.491 e. The number of halogens is 4. The lowest BCUT2D eigenvalue weighted by atomic mass is 10.0. The standard InChI is InChI=1S/C27H31F4N3O5/c1-16-13-34(26(37)19-7-5-6-8-21(19)28)17(2)15-39-22-10-9-18(32-24(35)12-27(29,30)31)11-20(22)25(36)33(3)14-23(16)38-4/h5-11,16-17,23H,12-15H2,1-4H3,(H,32,35)/t16-,17+,23-/m1/s1. The first-order valence-corrected chi connectivity index (χ1v) is 12.3. The van der Waals surface area contributed by atoms with E-state index in [-0.39, 0.29) is 48.2 Å². The molecule has 0 bridgehead atoms. The molecule has 0 spiro atoms. The van der Waals surface area contributed by atoms with Gasteiger partial charge in [0.25, 0.3) is 11.8 Å². The van der Waals surface area contributed by atoms with Crippen LogP contribution in [0.25, 0.3) is 0 Å². The van der Waals surface area contributed by atoms with Gasteiger partial charge in [-0.2, -0.15) is 13.2 Å². The number of carbonyl (C=O) groups excluding carboxylic acids is 3. The molecule has 0 saturated carbocycles. The molecule has 1 aliphatic heterocycles. The third kappa shape index (κ3) is 7.69. The molecule has 0 aliphatic carbocycles. The second kappa shape index (κ2) is 12.5. The Balaban J connectivity index is 1.97. The molecule has 3 atom stereocenters. The second-order valence-electron chi connectivity index (χ2n) is 9.59. The van der Waals surface area contributed by atoms with Crippen molar-refractivity contribution < 1.29 is 41.4 Å². The van der Waals surface area contributed by atoms with Gasteiger partial charge in [0.15, 0.2) is 0 Å². The number of hydrogen-bond acceptors (Lipinski definition) is 5. The van der Waals surface area contributed by atoms with Gasteiger partial charge in [-0.15, -0.1) is 0 Å². The summed E-state index contributed by atoms with van der Waals surface area (Å²) >= 11 is 0. The third-order valence-corrected chi connectivity index (χ3v) is 6.45. The Labute approximate surface area is 223 Å². The van der Waals surface area contributed by atoms with E-state index in [0.717, 1.165) is 0 Å². The van der Waals surface area contributed by atoms with Crippen LogP contribution in [-0.4, -0.2) is 79.7 Å². The molecular weight excluding hydrogens is 522 g/mol. The predicted octanol–water partition coefficient (Wildman–Crippen LogP) is 4.36. The summed E-state index contributed by atoms with van der Waals surface area (Å²) in [7, 11) is 3.00. The topological polar surface area (TPSA) is 88.2 Å². The average molecular weight is 554 g/mol. The van der Waals surface area contributed by atoms with Gasteiger partial charge < -0.3 is 24.6 Å². The molecule has 2 aromatic carbocycles. The minimum atomic E-state index is -4.69. The molecule has 1 aliphatic rings. The van der Waals surface area contributed by atoms with E-state index >= 15 is 0 Å². The van der Waals surface area contributed by atoms with Crippen LogP contribution in [0.4, 0.5) is 23.2 Å². The van der Waals surface area contributed by atoms with Gasteiger partial charge in [-0.05, 0) is 37.3 Å². The Kier molecular flexibility index (Phi) is 9.54. The molecular formula is C27H31F4N3O5. The Hall–Kier alpha value is -3.67. The van der Waals surface area contributed by atoms with E-state index < -0.39 is 48.3 Å². The molecule has 8 nitrogen and oxygen atoms in total. The molecule has 0 aromatic heterocycles. The summed E-state index contributed by atoms with van der Waals surface area (Å²) in [6.45, 7) is 3.79. The molecule has 2 aromatic rings. The predicted molar refractivity (Wildman–Crippen MR) is 135 cm³/mol. The van der Waals surface area contributed by atoms with Crippen molar-refractivity contribution in [3.63, 3.8) is 0 Å². The summed E-state index contributed by atoms with van der Waals surface area (Å²) in [5, 5.41) is 2.15. The zero-order valence-electron chi connectivity index (χ0n) is 22.0. The minimum Gasteiger partial charge on any atom is -0.491 e. The highest BCUT2D eigenvalue weighted by atomic mass is 19.4. The zero-order chi connectivity index (χ0) is 28.9. The molecule has 0 radical (unpaired) electrons. The van der Waals surface area contributed by atoms with Gasteiger partial charge in [0, 0.05) is 38.9 Å². The number of fused-ring (bicyclic) bond motifs is 1. The first kappa shape index (κ1) is 29.9. The van der Waals surface area contributed by atoms with Crippen LogP contribution in [0.15, 0.2) is 42.5 Å². The van der Waals surface area contributed by atoms with Crippen LogP contribution >= 0.6 is 0 Å². The monoisotopic (exact) mass is 553 g/mol. The summed E-state index contributed by atoms with van der Waals surface area (Å²) in [5.41, 5.74) is -0.101. The number of rotatable bonds is 4. The number of nitrogens with zero attached hydrogens (tertiary/aromatic N) is 2. The van der Waals surface area contributed by atoms with Crippen molar-refractivity contribution in [1.29, 1.82) is 0 Å². The lowest BCUT2D eigenvalue weighted by Gasteiger charge is -2.36. The van der Waals surface area contributed by atoms with Crippen LogP contribution in [0.2, 0.25) is 0 Å². The van der Waals surface area contributed by atoms with Crippen LogP contribution < -0.4 is 10.1 Å². The molecule has 1 heterocycles. The van der Waals surface area contributed by atoms with Crippen LogP contribution in [0.5, 0.6) is 5.75 Å². The Morgan fingerprint density at radius 1 is 1.13 bits per heavy atom. The molecule has 39 heavy (non-hydrogen) atoms. The van der Waals surface area contributed by atoms with Crippen molar-refractivity contribution in [3.05, 3.63) is 59.4 Å². The number of anilines is 1. The minimum absolute atomic E-state index is 0.00423. The van der Waals surface area contributed by atoms with Crippen LogP contribution in [0.1, 0.15) is 41.0 Å². The third-order valence-electron chi connectivity index (χ3n) is 6.45. The van der Waals surface area contributed by atoms with Crippen LogP contribution in [0, 0.1) is 11.7 Å². The molecule has 3 amide bonds. The Morgan fingerprint density at radius 2 is 1.82 bits per heavy atom. The lowest BCUT2D eigenvalue weighted by molar-refractivity contribution is -0.150. The molecule has 12 heteroatoms. The molecule has 0 unspecified atom stereocenters. The maximum absolute atomic E-state index is 14.5. The summed E-state index contributed by atoms with van der Waals surface area (Å²) in [6, 6.07) is 9.01. The fourth-order valence-electron chi connectivity index (χ4n) is 4.31. The van der Waals surface area contributed by atoms with Crippen molar-refractivity contribution in [1.82, 2.24) is 9.80 Å². The van der Waals surface area contributed by atoms with Crippen LogP contribution in [-0.2, 0) is 9.53 Å². The fourth-order valence-corrected chi connectivity index (χ4v) is 4.31. The van der Waals surface area contributed by atoms with Gasteiger partial charge in [-0.1, -0.05) is 19.1 Å². The van der Waals surface area contributed by atoms with E-state index in [4.69, 9.17) is 9.47 Å². The number of carbonyl (C=O) groups is 3. The number of hydrogen-bond donors (Lipinski definition) is 1. The number of alkyl halides is 3. The van der Waals surface area contributed by atoms with E-state index in [1.165, 1.54) is 60.4 Å². The number of methoxy groups -OCH3 is 1. The molecule has 3 rings (SSSR count). The average Bonchev–Trinajstić information content (AvgIpc) is 2.86. The molecule has 1 N–H and O–H groups in total. The van der Waals surface area contributed by atoms with Gasteiger partial charge in [0.1, 0.15) is 24.6 Å². The van der Waals surface area contributed by atoms with E-state index in [1.807, 2.05) is 6.92 Å². The normalized spacial score (nSPS) is 20.8. The summed E-state index contributed by atoms with van der Waals surface area (Å²) in [5.74, 6) is -3.15. The highest BCUT2D eigenvalue weighted by molar-refractivity contribution is 5.99. The maximum Gasteiger partial charge on any atom is 0.397 e. The Bertz CT molecular complexity index is 1210. The first-order chi connectivity index (χ1) is 18.3. The summed E-state index contributed by atoms with van der Waals surface area (Å²) in [6.07, 6.45) is -6.88. The highest BCUT2D eigenvalue weighted by Crippen LogP contribution is 2.28. The van der Waals surface area contributed by atoms with Crippen molar-refractivity contribution >= 4 is 23.4 Å². The quantitative estimate of drug-likeness (QED) is 0.569. The highest BCUT2D eigenvalue weighted by Gasteiger charge is 2.33. The number of likely N-dealkylation sites (N-methyl/N-ethyl adjacent to an activating group) is 1. The van der Waals surface area contributed by atoms with Crippen molar-refractivity contribution in [3.8, 4) is 5.75 Å². The van der Waals surface area contributed by atoms with Gasteiger partial charge >= 0.3 is 6.18 Å². The van der Waals surface area contributed by atoms with E-state index in [1.54, 1.807) is 13.0 Å². The summed E-state index contributed by atoms with van der Waals surface area (Å²) in [4.78, 5) is 41.4. The van der Waals surface area contributed by atoms with Gasteiger partial charge in [0.2, 0.25) is 5.91 Å². The number of benzene rings is 2. The summed E-state index contributed by atoms with van der Waals surface area (Å²) < 4.78 is 63.8. The van der Waals surface area contributed by atoms with Crippen molar-refractivity contribution in [2.45, 2.75) is 38.6 Å². The van der Waals surface area contributed by atoms with Crippen LogP contribution in [0.3, 0.4) is 0 Å². The van der Waals surface area contributed by atoms with E-state index in [9.17, 15) is 31.9 Å². The fraction of sp³-hybridized carbons (Fsp3) is 0.444. The maximum atomic E-state index is 14.5. The van der Waals surface area contributed by atoms with Gasteiger partial charge in [0.05, 0.1) is 23.3 Å². The van der Waals surface area contributed by atoms with Gasteiger partial charge in [-0.3, -0.25) is 14.4 Å². The lowest BCUT2D eigenvalue weighted by Crippen LogP contribution is -2.48. The van der Waals surface area contributed by atoms with Crippen molar-refractivity contribution in [2.24, 2.45) is 5.92 Å². The Morgan fingerprint density at radius 3 is 2.46 bits per heavy atom. The number of ether oxygens (including phenoxy) is 2. The number of nitrogens with one attached hydrogen (secondary N) is 1. The number of amides is 3. The molecule has 212 valence electrons. The molecule has 0 saturated heterocycles. The van der Waals surface area contributed by atoms with Crippen molar-refractivity contribution in [2.75, 3.05) is 39.2 Å². The van der Waals surface area contributed by atoms with Gasteiger partial charge in [-0.25, -0.2) is 4.39 Å².